The van der Waals surface area contributed by atoms with Crippen LogP contribution in [0.5, 0.6) is 0 Å². The van der Waals surface area contributed by atoms with Crippen LogP contribution < -0.4 is 16.0 Å². The molecule has 1 saturated heterocycles. The van der Waals surface area contributed by atoms with E-state index < -0.39 is 6.03 Å². The lowest BCUT2D eigenvalue weighted by Crippen LogP contribution is -2.63. The van der Waals surface area contributed by atoms with Gasteiger partial charge in [0, 0.05) is 31.7 Å². The lowest BCUT2D eigenvalue weighted by Gasteiger charge is -2.49. The predicted octanol–water partition coefficient (Wildman–Crippen LogP) is 0.606. The van der Waals surface area contributed by atoms with Crippen molar-refractivity contribution in [3.8, 4) is 0 Å². The van der Waals surface area contributed by atoms with Crippen LogP contribution in [-0.2, 0) is 4.79 Å². The second kappa shape index (κ2) is 7.56. The third kappa shape index (κ3) is 4.28. The van der Waals surface area contributed by atoms with Crippen LogP contribution in [0.15, 0.2) is 12.7 Å². The fourth-order valence-corrected chi connectivity index (χ4v) is 3.38. The van der Waals surface area contributed by atoms with Gasteiger partial charge in [-0.05, 0) is 12.8 Å². The SMILES string of the molecule is C=CCNC(=O)NC(=O)CN1CCNCC12CCCCC2. The Labute approximate surface area is 126 Å². The molecule has 0 unspecified atom stereocenters. The van der Waals surface area contributed by atoms with Crippen molar-refractivity contribution in [2.24, 2.45) is 0 Å². The molecular weight excluding hydrogens is 268 g/mol. The zero-order chi connectivity index (χ0) is 15.1. The highest BCUT2D eigenvalue weighted by Gasteiger charge is 2.40. The number of piperazine rings is 1. The molecule has 1 aliphatic carbocycles. The summed E-state index contributed by atoms with van der Waals surface area (Å²) in [5.41, 5.74) is 0.103. The standard InChI is InChI=1S/C15H26N4O2/c1-2-8-17-14(21)18-13(20)11-19-10-9-16-12-15(19)6-4-3-5-7-15/h2,16H,1,3-12H2,(H2,17,18,20,21). The van der Waals surface area contributed by atoms with Gasteiger partial charge in [-0.15, -0.1) is 6.58 Å². The van der Waals surface area contributed by atoms with Crippen molar-refractivity contribution >= 4 is 11.9 Å². The third-order valence-electron chi connectivity index (χ3n) is 4.46. The maximum absolute atomic E-state index is 12.1. The van der Waals surface area contributed by atoms with Crippen LogP contribution in [0, 0.1) is 0 Å². The van der Waals surface area contributed by atoms with Crippen LogP contribution in [0.3, 0.4) is 0 Å². The minimum atomic E-state index is -0.451. The monoisotopic (exact) mass is 294 g/mol. The first kappa shape index (κ1) is 16.0. The molecule has 6 nitrogen and oxygen atoms in total. The molecule has 1 heterocycles. The molecule has 3 N–H and O–H groups in total. The summed E-state index contributed by atoms with van der Waals surface area (Å²) in [6.07, 6.45) is 7.58. The summed E-state index contributed by atoms with van der Waals surface area (Å²) in [7, 11) is 0. The Morgan fingerprint density at radius 3 is 2.76 bits per heavy atom. The van der Waals surface area contributed by atoms with Crippen LogP contribution in [-0.4, -0.2) is 55.1 Å². The molecule has 1 spiro atoms. The van der Waals surface area contributed by atoms with E-state index >= 15 is 0 Å². The van der Waals surface area contributed by atoms with Crippen molar-refractivity contribution in [1.82, 2.24) is 20.9 Å². The topological polar surface area (TPSA) is 73.5 Å². The van der Waals surface area contributed by atoms with Crippen LogP contribution in [0.25, 0.3) is 0 Å². The summed E-state index contributed by atoms with van der Waals surface area (Å²) in [6.45, 7) is 6.88. The number of carbonyl (C=O) groups excluding carboxylic acids is 2. The van der Waals surface area contributed by atoms with Gasteiger partial charge in [0.25, 0.3) is 0 Å². The molecule has 118 valence electrons. The van der Waals surface area contributed by atoms with E-state index in [1.165, 1.54) is 19.3 Å². The van der Waals surface area contributed by atoms with Crippen molar-refractivity contribution in [3.63, 3.8) is 0 Å². The largest absolute Gasteiger partial charge is 0.334 e. The van der Waals surface area contributed by atoms with E-state index in [1.807, 2.05) is 0 Å². The Kier molecular flexibility index (Phi) is 5.76. The summed E-state index contributed by atoms with van der Waals surface area (Å²) in [5, 5.41) is 8.39. The molecule has 21 heavy (non-hydrogen) atoms. The highest BCUT2D eigenvalue weighted by atomic mass is 16.2. The molecule has 0 aromatic carbocycles. The molecule has 1 aliphatic heterocycles. The highest BCUT2D eigenvalue weighted by Crippen LogP contribution is 2.34. The molecular formula is C15H26N4O2. The van der Waals surface area contributed by atoms with Gasteiger partial charge in [-0.3, -0.25) is 15.0 Å². The first-order chi connectivity index (χ1) is 10.2. The molecule has 2 aliphatic rings. The fraction of sp³-hybridized carbons (Fsp3) is 0.733. The van der Waals surface area contributed by atoms with E-state index in [1.54, 1.807) is 6.08 Å². The number of hydrogen-bond donors (Lipinski definition) is 3. The summed E-state index contributed by atoms with van der Waals surface area (Å²) >= 11 is 0. The van der Waals surface area contributed by atoms with Gasteiger partial charge in [-0.25, -0.2) is 4.79 Å². The van der Waals surface area contributed by atoms with E-state index in [-0.39, 0.29) is 11.4 Å². The molecule has 0 radical (unpaired) electrons. The smallest absolute Gasteiger partial charge is 0.321 e. The third-order valence-corrected chi connectivity index (χ3v) is 4.46. The second-order valence-electron chi connectivity index (χ2n) is 5.93. The number of rotatable bonds is 4. The molecule has 0 atom stereocenters. The zero-order valence-electron chi connectivity index (χ0n) is 12.6. The van der Waals surface area contributed by atoms with Gasteiger partial charge in [0.15, 0.2) is 0 Å². The van der Waals surface area contributed by atoms with Gasteiger partial charge < -0.3 is 10.6 Å². The maximum atomic E-state index is 12.1. The van der Waals surface area contributed by atoms with E-state index in [0.29, 0.717) is 13.1 Å². The van der Waals surface area contributed by atoms with Gasteiger partial charge >= 0.3 is 6.03 Å². The average Bonchev–Trinajstić information content (AvgIpc) is 2.48. The van der Waals surface area contributed by atoms with E-state index in [2.05, 4.69) is 27.4 Å². The molecule has 2 fully saturated rings. The number of imide groups is 1. The summed E-state index contributed by atoms with van der Waals surface area (Å²) in [5.74, 6) is -0.233. The van der Waals surface area contributed by atoms with Gasteiger partial charge in [0.2, 0.25) is 5.91 Å². The summed E-state index contributed by atoms with van der Waals surface area (Å²) in [6, 6.07) is -0.451. The van der Waals surface area contributed by atoms with Crippen LogP contribution >= 0.6 is 0 Å². The lowest BCUT2D eigenvalue weighted by molar-refractivity contribution is -0.123. The second-order valence-corrected chi connectivity index (χ2v) is 5.93. The van der Waals surface area contributed by atoms with Crippen LogP contribution in [0.1, 0.15) is 32.1 Å². The Hall–Kier alpha value is -1.40. The normalized spacial score (nSPS) is 21.7. The fourth-order valence-electron chi connectivity index (χ4n) is 3.38. The first-order valence-electron chi connectivity index (χ1n) is 7.81. The van der Waals surface area contributed by atoms with Gasteiger partial charge in [-0.2, -0.15) is 0 Å². The molecule has 0 aromatic heterocycles. The highest BCUT2D eigenvalue weighted by molar-refractivity contribution is 5.95. The molecule has 0 aromatic rings. The number of nitrogens with zero attached hydrogens (tertiary/aromatic N) is 1. The number of nitrogens with one attached hydrogen (secondary N) is 3. The van der Waals surface area contributed by atoms with Gasteiger partial charge in [-0.1, -0.05) is 25.3 Å². The van der Waals surface area contributed by atoms with E-state index in [0.717, 1.165) is 32.5 Å². The molecule has 2 rings (SSSR count). The minimum absolute atomic E-state index is 0.103. The van der Waals surface area contributed by atoms with Crippen molar-refractivity contribution in [1.29, 1.82) is 0 Å². The molecule has 6 heteroatoms. The number of urea groups is 1. The predicted molar refractivity (Wildman–Crippen MR) is 82.0 cm³/mol. The van der Waals surface area contributed by atoms with Crippen molar-refractivity contribution < 1.29 is 9.59 Å². The number of carbonyl (C=O) groups is 2. The van der Waals surface area contributed by atoms with Crippen molar-refractivity contribution in [3.05, 3.63) is 12.7 Å². The first-order valence-corrected chi connectivity index (χ1v) is 7.81. The Morgan fingerprint density at radius 1 is 1.29 bits per heavy atom. The molecule has 0 bridgehead atoms. The summed E-state index contributed by atoms with van der Waals surface area (Å²) in [4.78, 5) is 25.8. The lowest BCUT2D eigenvalue weighted by atomic mass is 9.79. The van der Waals surface area contributed by atoms with E-state index in [4.69, 9.17) is 0 Å². The maximum Gasteiger partial charge on any atom is 0.321 e. The van der Waals surface area contributed by atoms with Gasteiger partial charge in [0.05, 0.1) is 6.54 Å². The Morgan fingerprint density at radius 2 is 2.05 bits per heavy atom. The van der Waals surface area contributed by atoms with Gasteiger partial charge in [0.1, 0.15) is 0 Å². The number of amides is 3. The Bertz CT molecular complexity index is 383. The Balaban J connectivity index is 1.88. The molecule has 1 saturated carbocycles. The zero-order valence-corrected chi connectivity index (χ0v) is 12.6. The minimum Gasteiger partial charge on any atom is -0.334 e. The molecule has 3 amide bonds. The van der Waals surface area contributed by atoms with E-state index in [9.17, 15) is 9.59 Å². The summed E-state index contributed by atoms with van der Waals surface area (Å²) < 4.78 is 0. The quantitative estimate of drug-likeness (QED) is 0.664. The van der Waals surface area contributed by atoms with Crippen molar-refractivity contribution in [2.45, 2.75) is 37.6 Å². The number of hydrogen-bond acceptors (Lipinski definition) is 4. The van der Waals surface area contributed by atoms with Crippen molar-refractivity contribution in [2.75, 3.05) is 32.7 Å². The average molecular weight is 294 g/mol. The van der Waals surface area contributed by atoms with Crippen LogP contribution in [0.4, 0.5) is 4.79 Å². The van der Waals surface area contributed by atoms with Crippen LogP contribution in [0.2, 0.25) is 0 Å².